The van der Waals surface area contributed by atoms with Gasteiger partial charge in [-0.3, -0.25) is 10.1 Å². The van der Waals surface area contributed by atoms with Crippen LogP contribution in [0.1, 0.15) is 37.1 Å². The van der Waals surface area contributed by atoms with Crippen LogP contribution in [0.2, 0.25) is 0 Å². The summed E-state index contributed by atoms with van der Waals surface area (Å²) in [5, 5.41) is 3.29. The highest BCUT2D eigenvalue weighted by atomic mass is 16.5. The second-order valence-electron chi connectivity index (χ2n) is 5.14. The molecule has 2 aromatic carbocycles. The summed E-state index contributed by atoms with van der Waals surface area (Å²) in [7, 11) is 0. The highest BCUT2D eigenvalue weighted by Gasteiger charge is 2.20. The van der Waals surface area contributed by atoms with Crippen LogP contribution in [0.15, 0.2) is 54.6 Å². The van der Waals surface area contributed by atoms with Crippen LogP contribution in [0.3, 0.4) is 0 Å². The Labute approximate surface area is 131 Å². The average Bonchev–Trinajstić information content (AvgIpc) is 2.54. The molecule has 22 heavy (non-hydrogen) atoms. The minimum absolute atomic E-state index is 0.00613. The van der Waals surface area contributed by atoms with Crippen molar-refractivity contribution in [3.8, 4) is 5.75 Å². The van der Waals surface area contributed by atoms with Gasteiger partial charge in [0, 0.05) is 6.04 Å². The van der Waals surface area contributed by atoms with Gasteiger partial charge in [0.1, 0.15) is 11.8 Å². The second kappa shape index (κ2) is 7.61. The number of amides is 1. The fourth-order valence-electron chi connectivity index (χ4n) is 2.35. The van der Waals surface area contributed by atoms with Crippen LogP contribution >= 0.6 is 0 Å². The zero-order valence-corrected chi connectivity index (χ0v) is 13.0. The van der Waals surface area contributed by atoms with Gasteiger partial charge in [-0.1, -0.05) is 42.5 Å². The molecule has 0 radical (unpaired) electrons. The van der Waals surface area contributed by atoms with Crippen molar-refractivity contribution in [1.29, 1.82) is 0 Å². The summed E-state index contributed by atoms with van der Waals surface area (Å²) in [5.41, 5.74) is 7.48. The SMILES string of the molecule is CCOc1ccc([C@@H](C)N[C@H](C(N)=O)c2ccccc2)cc1. The third-order valence-corrected chi connectivity index (χ3v) is 3.53. The number of benzene rings is 2. The number of carbonyl (C=O) groups is 1. The molecule has 0 aromatic heterocycles. The first-order valence-electron chi connectivity index (χ1n) is 7.45. The Hall–Kier alpha value is -2.33. The summed E-state index contributed by atoms with van der Waals surface area (Å²) >= 11 is 0. The summed E-state index contributed by atoms with van der Waals surface area (Å²) in [5.74, 6) is 0.456. The van der Waals surface area contributed by atoms with E-state index in [9.17, 15) is 4.79 Å². The molecule has 0 saturated carbocycles. The Morgan fingerprint density at radius 1 is 1.09 bits per heavy atom. The van der Waals surface area contributed by atoms with Crippen LogP contribution < -0.4 is 15.8 Å². The Kier molecular flexibility index (Phi) is 5.55. The highest BCUT2D eigenvalue weighted by molar-refractivity contribution is 5.81. The highest BCUT2D eigenvalue weighted by Crippen LogP contribution is 2.21. The van der Waals surface area contributed by atoms with Gasteiger partial charge in [0.2, 0.25) is 5.91 Å². The zero-order chi connectivity index (χ0) is 15.9. The fourth-order valence-corrected chi connectivity index (χ4v) is 2.35. The molecule has 0 bridgehead atoms. The van der Waals surface area contributed by atoms with E-state index in [1.54, 1.807) is 0 Å². The van der Waals surface area contributed by atoms with Crippen molar-refractivity contribution in [2.24, 2.45) is 5.73 Å². The lowest BCUT2D eigenvalue weighted by Gasteiger charge is -2.22. The van der Waals surface area contributed by atoms with E-state index in [4.69, 9.17) is 10.5 Å². The number of nitrogens with one attached hydrogen (secondary N) is 1. The lowest BCUT2D eigenvalue weighted by molar-refractivity contribution is -0.120. The number of rotatable bonds is 7. The van der Waals surface area contributed by atoms with E-state index in [-0.39, 0.29) is 11.9 Å². The molecule has 0 aliphatic rings. The second-order valence-corrected chi connectivity index (χ2v) is 5.14. The van der Waals surface area contributed by atoms with E-state index in [0.29, 0.717) is 6.61 Å². The topological polar surface area (TPSA) is 64.3 Å². The van der Waals surface area contributed by atoms with Gasteiger partial charge in [-0.15, -0.1) is 0 Å². The number of ether oxygens (including phenoxy) is 1. The van der Waals surface area contributed by atoms with Crippen molar-refractivity contribution in [3.05, 3.63) is 65.7 Å². The van der Waals surface area contributed by atoms with Gasteiger partial charge >= 0.3 is 0 Å². The number of nitrogens with two attached hydrogens (primary N) is 1. The van der Waals surface area contributed by atoms with Crippen molar-refractivity contribution >= 4 is 5.91 Å². The predicted molar refractivity (Wildman–Crippen MR) is 87.5 cm³/mol. The van der Waals surface area contributed by atoms with Crippen molar-refractivity contribution in [1.82, 2.24) is 5.32 Å². The zero-order valence-electron chi connectivity index (χ0n) is 13.0. The Balaban J connectivity index is 2.11. The summed E-state index contributed by atoms with van der Waals surface area (Å²) in [4.78, 5) is 11.7. The Bertz CT molecular complexity index is 596. The molecule has 0 saturated heterocycles. The van der Waals surface area contributed by atoms with E-state index in [2.05, 4.69) is 5.32 Å². The van der Waals surface area contributed by atoms with E-state index < -0.39 is 6.04 Å². The Morgan fingerprint density at radius 2 is 1.73 bits per heavy atom. The van der Waals surface area contributed by atoms with E-state index >= 15 is 0 Å². The molecule has 1 amide bonds. The monoisotopic (exact) mass is 298 g/mol. The first-order valence-corrected chi connectivity index (χ1v) is 7.45. The lowest BCUT2D eigenvalue weighted by atomic mass is 10.0. The van der Waals surface area contributed by atoms with Gasteiger partial charge in [-0.05, 0) is 37.1 Å². The quantitative estimate of drug-likeness (QED) is 0.826. The van der Waals surface area contributed by atoms with Crippen LogP contribution in [0.25, 0.3) is 0 Å². The van der Waals surface area contributed by atoms with Crippen LogP contribution in [-0.2, 0) is 4.79 Å². The predicted octanol–water partition coefficient (Wildman–Crippen LogP) is 2.96. The Morgan fingerprint density at radius 3 is 2.27 bits per heavy atom. The van der Waals surface area contributed by atoms with E-state index in [1.165, 1.54) is 0 Å². The third-order valence-electron chi connectivity index (χ3n) is 3.53. The molecule has 0 unspecified atom stereocenters. The normalized spacial score (nSPS) is 13.4. The first-order chi connectivity index (χ1) is 10.6. The number of hydrogen-bond acceptors (Lipinski definition) is 3. The van der Waals surface area contributed by atoms with E-state index in [0.717, 1.165) is 16.9 Å². The molecule has 3 N–H and O–H groups in total. The molecule has 116 valence electrons. The number of primary amides is 1. The fraction of sp³-hybridized carbons (Fsp3) is 0.278. The molecule has 0 aliphatic heterocycles. The van der Waals surface area contributed by atoms with E-state index in [1.807, 2.05) is 68.4 Å². The molecule has 2 aromatic rings. The maximum absolute atomic E-state index is 11.7. The minimum Gasteiger partial charge on any atom is -0.494 e. The smallest absolute Gasteiger partial charge is 0.239 e. The summed E-state index contributed by atoms with van der Waals surface area (Å²) in [6, 6.07) is 16.8. The van der Waals surface area contributed by atoms with Crippen LogP contribution in [-0.4, -0.2) is 12.5 Å². The average molecular weight is 298 g/mol. The largest absolute Gasteiger partial charge is 0.494 e. The number of carbonyl (C=O) groups excluding carboxylic acids is 1. The van der Waals surface area contributed by atoms with Gasteiger partial charge in [0.25, 0.3) is 0 Å². The summed E-state index contributed by atoms with van der Waals surface area (Å²) < 4.78 is 5.43. The summed E-state index contributed by atoms with van der Waals surface area (Å²) in [6.07, 6.45) is 0. The molecular weight excluding hydrogens is 276 g/mol. The first kappa shape index (κ1) is 16.0. The van der Waals surface area contributed by atoms with Crippen LogP contribution in [0, 0.1) is 0 Å². The molecular formula is C18H22N2O2. The number of hydrogen-bond donors (Lipinski definition) is 2. The third kappa shape index (κ3) is 4.09. The lowest BCUT2D eigenvalue weighted by Crippen LogP contribution is -2.35. The molecule has 0 aliphatic carbocycles. The van der Waals surface area contributed by atoms with Gasteiger partial charge in [-0.2, -0.15) is 0 Å². The molecule has 2 rings (SSSR count). The van der Waals surface area contributed by atoms with Crippen LogP contribution in [0.5, 0.6) is 5.75 Å². The van der Waals surface area contributed by atoms with Crippen molar-refractivity contribution in [2.45, 2.75) is 25.9 Å². The summed E-state index contributed by atoms with van der Waals surface area (Å²) in [6.45, 7) is 4.61. The van der Waals surface area contributed by atoms with Crippen molar-refractivity contribution < 1.29 is 9.53 Å². The molecule has 4 nitrogen and oxygen atoms in total. The molecule has 0 fully saturated rings. The molecule has 0 spiro atoms. The maximum Gasteiger partial charge on any atom is 0.239 e. The van der Waals surface area contributed by atoms with Crippen molar-refractivity contribution in [3.63, 3.8) is 0 Å². The molecule has 2 atom stereocenters. The van der Waals surface area contributed by atoms with Gasteiger partial charge in [0.05, 0.1) is 6.61 Å². The molecule has 0 heterocycles. The molecule has 4 heteroatoms. The van der Waals surface area contributed by atoms with Gasteiger partial charge in [-0.25, -0.2) is 0 Å². The maximum atomic E-state index is 11.7. The van der Waals surface area contributed by atoms with Crippen molar-refractivity contribution in [2.75, 3.05) is 6.61 Å². The van der Waals surface area contributed by atoms with Crippen LogP contribution in [0.4, 0.5) is 0 Å². The van der Waals surface area contributed by atoms with Gasteiger partial charge in [0.15, 0.2) is 0 Å². The van der Waals surface area contributed by atoms with Gasteiger partial charge < -0.3 is 10.5 Å². The standard InChI is InChI=1S/C18H22N2O2/c1-3-22-16-11-9-14(10-12-16)13(2)20-17(18(19)21)15-7-5-4-6-8-15/h4-13,17,20H,3H2,1-2H3,(H2,19,21)/t13-,17+/m1/s1. The minimum atomic E-state index is -0.511.